The molecule has 0 saturated heterocycles. The Labute approximate surface area is 109 Å². The lowest BCUT2D eigenvalue weighted by Gasteiger charge is -2.05. The van der Waals surface area contributed by atoms with Gasteiger partial charge in [0.05, 0.1) is 10.9 Å². The molecule has 0 spiro atoms. The number of para-hydroxylation sites is 1. The van der Waals surface area contributed by atoms with Crippen molar-refractivity contribution in [1.82, 2.24) is 9.97 Å². The Morgan fingerprint density at radius 2 is 1.95 bits per heavy atom. The minimum absolute atomic E-state index is 0.180. The first-order valence-corrected chi connectivity index (χ1v) is 5.94. The monoisotopic (exact) mass is 252 g/mol. The smallest absolute Gasteiger partial charge is 0.259 e. The summed E-state index contributed by atoms with van der Waals surface area (Å²) < 4.78 is 0. The number of nitrogens with zero attached hydrogens (tertiary/aromatic N) is 1. The Kier molecular flexibility index (Phi) is 2.56. The highest BCUT2D eigenvalue weighted by Gasteiger charge is 2.06. The Balaban J connectivity index is 2.25. The zero-order chi connectivity index (χ0) is 13.4. The molecular weight excluding hydrogens is 240 g/mol. The molecule has 0 amide bonds. The summed E-state index contributed by atoms with van der Waals surface area (Å²) in [6.07, 6.45) is 0. The molecule has 3 aromatic rings. The fourth-order valence-electron chi connectivity index (χ4n) is 1.98. The van der Waals surface area contributed by atoms with Crippen LogP contribution in [0.1, 0.15) is 5.56 Å². The topological polar surface area (TPSA) is 66.0 Å². The van der Waals surface area contributed by atoms with Gasteiger partial charge in [-0.25, -0.2) is 4.98 Å². The molecule has 4 heteroatoms. The fraction of sp³-hybridized carbons (Fsp3) is 0.0667. The summed E-state index contributed by atoms with van der Waals surface area (Å²) in [7, 11) is 0. The van der Waals surface area contributed by atoms with E-state index >= 15 is 0 Å². The first-order chi connectivity index (χ1) is 9.15. The van der Waals surface area contributed by atoms with Crippen molar-refractivity contribution in [3.8, 4) is 17.1 Å². The number of phenols is 1. The van der Waals surface area contributed by atoms with Gasteiger partial charge in [0.1, 0.15) is 11.6 Å². The Hall–Kier alpha value is -2.62. The highest BCUT2D eigenvalue weighted by molar-refractivity contribution is 5.79. The van der Waals surface area contributed by atoms with Crippen LogP contribution < -0.4 is 5.56 Å². The van der Waals surface area contributed by atoms with Crippen LogP contribution in [0.3, 0.4) is 0 Å². The zero-order valence-corrected chi connectivity index (χ0v) is 10.3. The van der Waals surface area contributed by atoms with E-state index in [-0.39, 0.29) is 11.3 Å². The van der Waals surface area contributed by atoms with Gasteiger partial charge in [0, 0.05) is 5.56 Å². The van der Waals surface area contributed by atoms with Crippen molar-refractivity contribution in [2.45, 2.75) is 6.92 Å². The van der Waals surface area contributed by atoms with Crippen LogP contribution in [0.4, 0.5) is 0 Å². The number of aromatic nitrogens is 2. The largest absolute Gasteiger partial charge is 0.508 e. The number of aromatic amines is 1. The summed E-state index contributed by atoms with van der Waals surface area (Å²) >= 11 is 0. The van der Waals surface area contributed by atoms with Gasteiger partial charge in [0.25, 0.3) is 5.56 Å². The highest BCUT2D eigenvalue weighted by atomic mass is 16.3. The minimum Gasteiger partial charge on any atom is -0.508 e. The molecule has 0 aliphatic carbocycles. The number of hydrogen-bond donors (Lipinski definition) is 2. The van der Waals surface area contributed by atoms with E-state index < -0.39 is 0 Å². The van der Waals surface area contributed by atoms with Crippen molar-refractivity contribution in [3.05, 3.63) is 58.4 Å². The van der Waals surface area contributed by atoms with Crippen molar-refractivity contribution in [1.29, 1.82) is 0 Å². The number of fused-ring (bicyclic) bond motifs is 1. The van der Waals surface area contributed by atoms with Crippen LogP contribution in [0, 0.1) is 6.92 Å². The van der Waals surface area contributed by atoms with Crippen LogP contribution in [0.2, 0.25) is 0 Å². The summed E-state index contributed by atoms with van der Waals surface area (Å²) in [5.74, 6) is 0.646. The second-order valence-electron chi connectivity index (χ2n) is 4.43. The number of rotatable bonds is 1. The van der Waals surface area contributed by atoms with Crippen molar-refractivity contribution >= 4 is 10.9 Å². The lowest BCUT2D eigenvalue weighted by atomic mass is 10.1. The predicted octanol–water partition coefficient (Wildman–Crippen LogP) is 2.60. The normalized spacial score (nSPS) is 10.8. The number of aryl methyl sites for hydroxylation is 1. The first kappa shape index (κ1) is 11.5. The number of nitrogens with one attached hydrogen (secondary N) is 1. The maximum absolute atomic E-state index is 12.0. The molecule has 94 valence electrons. The zero-order valence-electron chi connectivity index (χ0n) is 10.3. The van der Waals surface area contributed by atoms with Crippen molar-refractivity contribution < 1.29 is 5.11 Å². The standard InChI is InChI=1S/C15H12N2O2/c1-9-6-7-10(8-13(9)18)14-16-12-5-3-2-4-11(12)15(19)17-14/h2-8,18H,1H3,(H,16,17,19). The molecule has 1 aromatic heterocycles. The summed E-state index contributed by atoms with van der Waals surface area (Å²) in [6.45, 7) is 1.82. The Bertz CT molecular complexity index is 822. The second kappa shape index (κ2) is 4.24. The van der Waals surface area contributed by atoms with Gasteiger partial charge in [-0.3, -0.25) is 4.79 Å². The molecule has 0 bridgehead atoms. The molecule has 0 unspecified atom stereocenters. The van der Waals surface area contributed by atoms with Crippen LogP contribution in [0.15, 0.2) is 47.3 Å². The number of aromatic hydroxyl groups is 1. The molecule has 2 N–H and O–H groups in total. The molecule has 0 atom stereocenters. The van der Waals surface area contributed by atoms with Crippen LogP contribution in [-0.2, 0) is 0 Å². The Morgan fingerprint density at radius 1 is 1.16 bits per heavy atom. The van der Waals surface area contributed by atoms with Gasteiger partial charge in [-0.1, -0.05) is 24.3 Å². The van der Waals surface area contributed by atoms with Crippen LogP contribution in [-0.4, -0.2) is 15.1 Å². The maximum atomic E-state index is 12.0. The number of H-pyrrole nitrogens is 1. The van der Waals surface area contributed by atoms with E-state index in [1.807, 2.05) is 19.1 Å². The molecule has 0 saturated carbocycles. The third kappa shape index (κ3) is 1.97. The van der Waals surface area contributed by atoms with Crippen molar-refractivity contribution in [3.63, 3.8) is 0 Å². The van der Waals surface area contributed by atoms with Crippen molar-refractivity contribution in [2.75, 3.05) is 0 Å². The molecule has 4 nitrogen and oxygen atoms in total. The second-order valence-corrected chi connectivity index (χ2v) is 4.43. The van der Waals surface area contributed by atoms with Gasteiger partial charge >= 0.3 is 0 Å². The van der Waals surface area contributed by atoms with Crippen LogP contribution >= 0.6 is 0 Å². The summed E-state index contributed by atoms with van der Waals surface area (Å²) in [6, 6.07) is 12.4. The fourth-order valence-corrected chi connectivity index (χ4v) is 1.98. The molecule has 0 radical (unpaired) electrons. The van der Waals surface area contributed by atoms with E-state index in [2.05, 4.69) is 9.97 Å². The third-order valence-corrected chi connectivity index (χ3v) is 3.10. The lowest BCUT2D eigenvalue weighted by molar-refractivity contribution is 0.471. The van der Waals surface area contributed by atoms with Crippen LogP contribution in [0.5, 0.6) is 5.75 Å². The summed E-state index contributed by atoms with van der Waals surface area (Å²) in [5.41, 5.74) is 1.93. The maximum Gasteiger partial charge on any atom is 0.259 e. The third-order valence-electron chi connectivity index (χ3n) is 3.10. The molecule has 1 heterocycles. The van der Waals surface area contributed by atoms with Crippen LogP contribution in [0.25, 0.3) is 22.3 Å². The molecule has 0 fully saturated rings. The predicted molar refractivity (Wildman–Crippen MR) is 74.2 cm³/mol. The van der Waals surface area contributed by atoms with Gasteiger partial charge in [0.2, 0.25) is 0 Å². The van der Waals surface area contributed by atoms with Gasteiger partial charge in [-0.2, -0.15) is 0 Å². The van der Waals surface area contributed by atoms with E-state index in [1.165, 1.54) is 0 Å². The average molecular weight is 252 g/mol. The Morgan fingerprint density at radius 3 is 2.74 bits per heavy atom. The SMILES string of the molecule is Cc1ccc(-c2nc3ccccc3c(=O)[nH]2)cc1O. The number of phenolic OH excluding ortho intramolecular Hbond substituents is 1. The first-order valence-electron chi connectivity index (χ1n) is 5.94. The van der Waals surface area contributed by atoms with E-state index in [0.29, 0.717) is 22.3 Å². The van der Waals surface area contributed by atoms with Gasteiger partial charge in [-0.15, -0.1) is 0 Å². The molecule has 0 aliphatic heterocycles. The van der Waals surface area contributed by atoms with Crippen molar-refractivity contribution in [2.24, 2.45) is 0 Å². The summed E-state index contributed by atoms with van der Waals surface area (Å²) in [4.78, 5) is 19.1. The summed E-state index contributed by atoms with van der Waals surface area (Å²) in [5, 5.41) is 10.3. The van der Waals surface area contributed by atoms with E-state index in [1.54, 1.807) is 30.3 Å². The quantitative estimate of drug-likeness (QED) is 0.699. The highest BCUT2D eigenvalue weighted by Crippen LogP contribution is 2.23. The molecular formula is C15H12N2O2. The van der Waals surface area contributed by atoms with Gasteiger partial charge in [0.15, 0.2) is 0 Å². The number of benzene rings is 2. The van der Waals surface area contributed by atoms with E-state index in [0.717, 1.165) is 5.56 Å². The number of hydrogen-bond acceptors (Lipinski definition) is 3. The molecule has 0 aliphatic rings. The molecule has 3 rings (SSSR count). The minimum atomic E-state index is -0.180. The van der Waals surface area contributed by atoms with E-state index in [4.69, 9.17) is 0 Å². The average Bonchev–Trinajstić information content (AvgIpc) is 2.42. The lowest BCUT2D eigenvalue weighted by Crippen LogP contribution is -2.09. The van der Waals surface area contributed by atoms with Gasteiger partial charge < -0.3 is 10.1 Å². The molecule has 19 heavy (non-hydrogen) atoms. The molecule has 2 aromatic carbocycles. The van der Waals surface area contributed by atoms with Gasteiger partial charge in [-0.05, 0) is 30.7 Å². The van der Waals surface area contributed by atoms with E-state index in [9.17, 15) is 9.90 Å².